The van der Waals surface area contributed by atoms with Crippen molar-refractivity contribution in [2.24, 2.45) is 0 Å². The maximum Gasteiger partial charge on any atom is 0.271 e. The van der Waals surface area contributed by atoms with Crippen LogP contribution in [0, 0.1) is 13.8 Å². The molecule has 1 saturated heterocycles. The van der Waals surface area contributed by atoms with Gasteiger partial charge in [0.2, 0.25) is 0 Å². The van der Waals surface area contributed by atoms with E-state index in [1.54, 1.807) is 12.3 Å². The van der Waals surface area contributed by atoms with Gasteiger partial charge in [-0.3, -0.25) is 14.6 Å². The Morgan fingerprint density at radius 1 is 1.45 bits per heavy atom. The molecule has 1 amide bonds. The Morgan fingerprint density at radius 2 is 2.30 bits per heavy atom. The van der Waals surface area contributed by atoms with Gasteiger partial charge in [-0.05, 0) is 38.8 Å². The predicted molar refractivity (Wildman–Crippen MR) is 74.5 cm³/mol. The van der Waals surface area contributed by atoms with Gasteiger partial charge in [0.1, 0.15) is 5.69 Å². The number of nitrogens with one attached hydrogen (secondary N) is 1. The van der Waals surface area contributed by atoms with Crippen LogP contribution in [-0.2, 0) is 0 Å². The molecule has 106 valence electrons. The summed E-state index contributed by atoms with van der Waals surface area (Å²) in [6.45, 7) is 5.57. The first-order valence-corrected chi connectivity index (χ1v) is 6.96. The molecule has 20 heavy (non-hydrogen) atoms. The first-order valence-electron chi connectivity index (χ1n) is 6.96. The molecule has 1 aliphatic rings. The summed E-state index contributed by atoms with van der Waals surface area (Å²) in [5.74, 6) is 0.0220. The number of hydrogen-bond donors (Lipinski definition) is 1. The van der Waals surface area contributed by atoms with Crippen molar-refractivity contribution in [3.63, 3.8) is 0 Å². The highest BCUT2D eigenvalue weighted by molar-refractivity contribution is 5.92. The SMILES string of the molecule is Cc1cc(C)n([C@@H]2CCCN(C(=O)c3ccn[nH]3)C2)n1. The predicted octanol–water partition coefficient (Wildman–Crippen LogP) is 1.70. The monoisotopic (exact) mass is 273 g/mol. The van der Waals surface area contributed by atoms with E-state index in [9.17, 15) is 4.79 Å². The zero-order valence-electron chi connectivity index (χ0n) is 11.8. The Hall–Kier alpha value is -2.11. The first-order chi connectivity index (χ1) is 9.65. The second-order valence-electron chi connectivity index (χ2n) is 5.39. The lowest BCUT2D eigenvalue weighted by molar-refractivity contribution is 0.0665. The fraction of sp³-hybridized carbons (Fsp3) is 0.500. The van der Waals surface area contributed by atoms with Crippen LogP contribution in [0.25, 0.3) is 0 Å². The van der Waals surface area contributed by atoms with Crippen LogP contribution in [0.15, 0.2) is 18.3 Å². The third-order valence-corrected chi connectivity index (χ3v) is 3.81. The third-order valence-electron chi connectivity index (χ3n) is 3.81. The van der Waals surface area contributed by atoms with E-state index in [-0.39, 0.29) is 11.9 Å². The van der Waals surface area contributed by atoms with E-state index < -0.39 is 0 Å². The second kappa shape index (κ2) is 5.11. The van der Waals surface area contributed by atoms with Gasteiger partial charge in [0.05, 0.1) is 11.7 Å². The number of likely N-dealkylation sites (tertiary alicyclic amines) is 1. The van der Waals surface area contributed by atoms with Crippen molar-refractivity contribution in [3.8, 4) is 0 Å². The maximum atomic E-state index is 12.4. The summed E-state index contributed by atoms with van der Waals surface area (Å²) in [7, 11) is 0. The van der Waals surface area contributed by atoms with Crippen LogP contribution in [0.5, 0.6) is 0 Å². The highest BCUT2D eigenvalue weighted by Gasteiger charge is 2.27. The molecular formula is C14H19N5O. The van der Waals surface area contributed by atoms with Gasteiger partial charge in [-0.25, -0.2) is 0 Å². The average molecular weight is 273 g/mol. The number of carbonyl (C=O) groups excluding carboxylic acids is 1. The van der Waals surface area contributed by atoms with Crippen LogP contribution < -0.4 is 0 Å². The van der Waals surface area contributed by atoms with E-state index in [1.165, 1.54) is 0 Å². The van der Waals surface area contributed by atoms with Gasteiger partial charge in [0.25, 0.3) is 5.91 Å². The number of H-pyrrole nitrogens is 1. The molecule has 3 heterocycles. The molecule has 0 radical (unpaired) electrons. The lowest BCUT2D eigenvalue weighted by Gasteiger charge is -2.33. The van der Waals surface area contributed by atoms with Crippen LogP contribution >= 0.6 is 0 Å². The molecule has 0 bridgehead atoms. The van der Waals surface area contributed by atoms with E-state index in [4.69, 9.17) is 0 Å². The fourth-order valence-corrected chi connectivity index (χ4v) is 2.90. The van der Waals surface area contributed by atoms with Crippen molar-refractivity contribution < 1.29 is 4.79 Å². The highest BCUT2D eigenvalue weighted by atomic mass is 16.2. The van der Waals surface area contributed by atoms with Gasteiger partial charge in [0, 0.05) is 25.0 Å². The molecule has 1 fully saturated rings. The number of aromatic nitrogens is 4. The van der Waals surface area contributed by atoms with Crippen molar-refractivity contribution in [1.82, 2.24) is 24.9 Å². The van der Waals surface area contributed by atoms with Gasteiger partial charge in [0.15, 0.2) is 0 Å². The smallest absolute Gasteiger partial charge is 0.271 e. The topological polar surface area (TPSA) is 66.8 Å². The number of carbonyl (C=O) groups is 1. The highest BCUT2D eigenvalue weighted by Crippen LogP contribution is 2.23. The van der Waals surface area contributed by atoms with Crippen LogP contribution in [-0.4, -0.2) is 43.9 Å². The van der Waals surface area contributed by atoms with Crippen molar-refractivity contribution in [3.05, 3.63) is 35.4 Å². The zero-order valence-corrected chi connectivity index (χ0v) is 11.8. The molecule has 2 aromatic heterocycles. The van der Waals surface area contributed by atoms with Gasteiger partial charge in [-0.15, -0.1) is 0 Å². The van der Waals surface area contributed by atoms with E-state index in [0.29, 0.717) is 12.2 Å². The molecule has 1 aliphatic heterocycles. The molecule has 1 N–H and O–H groups in total. The summed E-state index contributed by atoms with van der Waals surface area (Å²) < 4.78 is 2.06. The molecular weight excluding hydrogens is 254 g/mol. The minimum absolute atomic E-state index is 0.0220. The lowest BCUT2D eigenvalue weighted by atomic mass is 10.1. The van der Waals surface area contributed by atoms with Crippen LogP contribution in [0.1, 0.15) is 40.8 Å². The van der Waals surface area contributed by atoms with Gasteiger partial charge < -0.3 is 4.90 Å². The molecule has 6 heteroatoms. The minimum atomic E-state index is 0.0220. The Balaban J connectivity index is 1.77. The van der Waals surface area contributed by atoms with Crippen LogP contribution in [0.4, 0.5) is 0 Å². The summed E-state index contributed by atoms with van der Waals surface area (Å²) in [6, 6.07) is 4.06. The summed E-state index contributed by atoms with van der Waals surface area (Å²) in [6.07, 6.45) is 3.67. The summed E-state index contributed by atoms with van der Waals surface area (Å²) >= 11 is 0. The number of piperidine rings is 1. The van der Waals surface area contributed by atoms with Crippen molar-refractivity contribution in [2.75, 3.05) is 13.1 Å². The quantitative estimate of drug-likeness (QED) is 0.905. The number of aryl methyl sites for hydroxylation is 2. The van der Waals surface area contributed by atoms with Crippen LogP contribution in [0.3, 0.4) is 0 Å². The largest absolute Gasteiger partial charge is 0.335 e. The molecule has 3 rings (SSSR count). The summed E-state index contributed by atoms with van der Waals surface area (Å²) in [5.41, 5.74) is 2.74. The second-order valence-corrected chi connectivity index (χ2v) is 5.39. The Kier molecular flexibility index (Phi) is 3.30. The van der Waals surface area contributed by atoms with Gasteiger partial charge in [-0.1, -0.05) is 0 Å². The molecule has 0 unspecified atom stereocenters. The number of hydrogen-bond acceptors (Lipinski definition) is 3. The first kappa shape index (κ1) is 12.9. The molecule has 2 aromatic rings. The normalized spacial score (nSPS) is 19.3. The number of nitrogens with zero attached hydrogens (tertiary/aromatic N) is 4. The zero-order chi connectivity index (χ0) is 14.1. The number of aromatic amines is 1. The third kappa shape index (κ3) is 2.33. The van der Waals surface area contributed by atoms with E-state index in [2.05, 4.69) is 33.0 Å². The van der Waals surface area contributed by atoms with E-state index in [0.717, 1.165) is 30.8 Å². The van der Waals surface area contributed by atoms with Gasteiger partial charge >= 0.3 is 0 Å². The molecule has 0 aliphatic carbocycles. The van der Waals surface area contributed by atoms with E-state index >= 15 is 0 Å². The van der Waals surface area contributed by atoms with Crippen molar-refractivity contribution in [1.29, 1.82) is 0 Å². The number of rotatable bonds is 2. The molecule has 6 nitrogen and oxygen atoms in total. The minimum Gasteiger partial charge on any atom is -0.335 e. The molecule has 0 aromatic carbocycles. The standard InChI is InChI=1S/C14H19N5O/c1-10-8-11(2)19(17-10)12-4-3-7-18(9-12)14(20)13-5-6-15-16-13/h5-6,8,12H,3-4,7,9H2,1-2H3,(H,15,16)/t12-/m1/s1. The van der Waals surface area contributed by atoms with E-state index in [1.807, 2.05) is 11.8 Å². The van der Waals surface area contributed by atoms with Gasteiger partial charge in [-0.2, -0.15) is 10.2 Å². The van der Waals surface area contributed by atoms with Crippen LogP contribution in [0.2, 0.25) is 0 Å². The average Bonchev–Trinajstić information content (AvgIpc) is 3.08. The Labute approximate surface area is 117 Å². The Bertz CT molecular complexity index is 601. The van der Waals surface area contributed by atoms with Crippen molar-refractivity contribution >= 4 is 5.91 Å². The van der Waals surface area contributed by atoms with Crippen molar-refractivity contribution in [2.45, 2.75) is 32.7 Å². The number of amides is 1. The summed E-state index contributed by atoms with van der Waals surface area (Å²) in [4.78, 5) is 14.2. The maximum absolute atomic E-state index is 12.4. The lowest BCUT2D eigenvalue weighted by Crippen LogP contribution is -2.41. The molecule has 1 atom stereocenters. The Morgan fingerprint density at radius 3 is 2.95 bits per heavy atom. The molecule has 0 saturated carbocycles. The molecule has 0 spiro atoms. The fourth-order valence-electron chi connectivity index (χ4n) is 2.90. The summed E-state index contributed by atoms with van der Waals surface area (Å²) in [5, 5.41) is 11.1.